The molecule has 0 aromatic heterocycles. The summed E-state index contributed by atoms with van der Waals surface area (Å²) in [5.41, 5.74) is 1.24. The Morgan fingerprint density at radius 3 is 2.38 bits per heavy atom. The molecule has 0 nitrogen and oxygen atoms in total. The molecule has 13 heavy (non-hydrogen) atoms. The summed E-state index contributed by atoms with van der Waals surface area (Å²) in [5, 5.41) is 0. The highest BCUT2D eigenvalue weighted by Gasteiger charge is 2.06. The molecule has 0 aliphatic carbocycles. The molecule has 0 aliphatic heterocycles. The Balaban J connectivity index is 2.46. The van der Waals surface area contributed by atoms with E-state index in [2.05, 4.69) is 44.5 Å². The maximum absolute atomic E-state index is 3.53. The molecule has 1 aromatic rings. The van der Waals surface area contributed by atoms with Crippen LogP contribution in [-0.2, 0) is 0 Å². The topological polar surface area (TPSA) is 0 Å². The Kier molecular flexibility index (Phi) is 4.59. The first-order valence-electron chi connectivity index (χ1n) is 5.18. The molecule has 1 unspecified atom stereocenters. The van der Waals surface area contributed by atoms with Crippen molar-refractivity contribution in [3.63, 3.8) is 0 Å². The van der Waals surface area contributed by atoms with Gasteiger partial charge in [-0.15, -0.1) is 0 Å². The van der Waals surface area contributed by atoms with Crippen molar-refractivity contribution >= 4 is 0 Å². The van der Waals surface area contributed by atoms with E-state index in [4.69, 9.17) is 0 Å². The van der Waals surface area contributed by atoms with E-state index < -0.39 is 0 Å². The molecule has 0 amide bonds. The zero-order valence-corrected chi connectivity index (χ0v) is 8.59. The quantitative estimate of drug-likeness (QED) is 0.634. The van der Waals surface area contributed by atoms with Gasteiger partial charge in [0.25, 0.3) is 0 Å². The molecule has 0 N–H and O–H groups in total. The predicted molar refractivity (Wildman–Crippen MR) is 57.5 cm³/mol. The second-order valence-corrected chi connectivity index (χ2v) is 3.40. The summed E-state index contributed by atoms with van der Waals surface area (Å²) < 4.78 is 0. The van der Waals surface area contributed by atoms with Gasteiger partial charge in [-0.05, 0) is 17.9 Å². The third kappa shape index (κ3) is 3.63. The first kappa shape index (κ1) is 10.3. The summed E-state index contributed by atoms with van der Waals surface area (Å²) in [6.07, 6.45) is 7.23. The number of rotatable bonds is 5. The highest BCUT2D eigenvalue weighted by atomic mass is 14.1. The van der Waals surface area contributed by atoms with Crippen molar-refractivity contribution in [1.82, 2.24) is 0 Å². The van der Waals surface area contributed by atoms with E-state index in [0.717, 1.165) is 0 Å². The number of benzene rings is 1. The van der Waals surface area contributed by atoms with Crippen molar-refractivity contribution < 1.29 is 0 Å². The van der Waals surface area contributed by atoms with E-state index in [1.54, 1.807) is 0 Å². The highest BCUT2D eigenvalue weighted by Crippen LogP contribution is 2.18. The number of hydrogen-bond donors (Lipinski definition) is 0. The Morgan fingerprint density at radius 2 is 1.85 bits per heavy atom. The zero-order chi connectivity index (χ0) is 9.52. The van der Waals surface area contributed by atoms with E-state index in [0.29, 0.717) is 5.92 Å². The molecule has 0 fully saturated rings. The molecule has 0 aliphatic rings. The lowest BCUT2D eigenvalue weighted by Gasteiger charge is -2.12. The third-order valence-corrected chi connectivity index (χ3v) is 2.27. The van der Waals surface area contributed by atoms with Gasteiger partial charge in [0.2, 0.25) is 0 Å². The number of hydrogen-bond acceptors (Lipinski definition) is 0. The molecule has 1 rings (SSSR count). The van der Waals surface area contributed by atoms with Crippen LogP contribution in [0.15, 0.2) is 30.3 Å². The second kappa shape index (κ2) is 5.80. The maximum atomic E-state index is 3.53. The van der Waals surface area contributed by atoms with Crippen molar-refractivity contribution in [3.05, 3.63) is 42.3 Å². The maximum Gasteiger partial charge on any atom is 0.0198 e. The molecule has 1 atom stereocenters. The van der Waals surface area contributed by atoms with Crippen LogP contribution in [0.25, 0.3) is 0 Å². The molecule has 1 aromatic carbocycles. The molecule has 0 spiro atoms. The summed E-state index contributed by atoms with van der Waals surface area (Å²) in [6.45, 7) is 4.46. The monoisotopic (exact) mass is 174 g/mol. The van der Waals surface area contributed by atoms with E-state index in [1.165, 1.54) is 24.8 Å². The minimum Gasteiger partial charge on any atom is -0.0654 e. The van der Waals surface area contributed by atoms with Crippen molar-refractivity contribution in [2.24, 2.45) is 5.92 Å². The van der Waals surface area contributed by atoms with E-state index in [-0.39, 0.29) is 0 Å². The van der Waals surface area contributed by atoms with Crippen LogP contribution in [0.2, 0.25) is 0 Å². The second-order valence-electron chi connectivity index (χ2n) is 3.40. The summed E-state index contributed by atoms with van der Waals surface area (Å²) in [5.74, 6) is 0.632. The molecule has 0 saturated carbocycles. The van der Waals surface area contributed by atoms with Crippen LogP contribution < -0.4 is 0 Å². The van der Waals surface area contributed by atoms with E-state index in [9.17, 15) is 0 Å². The zero-order valence-electron chi connectivity index (χ0n) is 8.59. The lowest BCUT2D eigenvalue weighted by Crippen LogP contribution is -1.99. The minimum atomic E-state index is 0.632. The Bertz CT molecular complexity index is 213. The predicted octanol–water partition coefficient (Wildman–Crippen LogP) is 3.94. The van der Waals surface area contributed by atoms with Crippen molar-refractivity contribution in [1.29, 1.82) is 0 Å². The van der Waals surface area contributed by atoms with Crippen LogP contribution in [0.3, 0.4) is 0 Å². The molecule has 0 saturated heterocycles. The first-order valence-corrected chi connectivity index (χ1v) is 5.18. The van der Waals surface area contributed by atoms with Gasteiger partial charge in [0.05, 0.1) is 0 Å². The average Bonchev–Trinajstić information content (AvgIpc) is 2.19. The van der Waals surface area contributed by atoms with E-state index in [1.807, 2.05) is 6.07 Å². The molecular weight excluding hydrogens is 156 g/mol. The molecule has 2 radical (unpaired) electrons. The largest absolute Gasteiger partial charge is 0.0654 e. The minimum absolute atomic E-state index is 0.632. The van der Waals surface area contributed by atoms with E-state index >= 15 is 0 Å². The fourth-order valence-electron chi connectivity index (χ4n) is 1.50. The normalized spacial score (nSPS) is 12.8. The van der Waals surface area contributed by atoms with Crippen LogP contribution in [0, 0.1) is 12.3 Å². The van der Waals surface area contributed by atoms with Gasteiger partial charge in [0, 0.05) is 6.42 Å². The van der Waals surface area contributed by atoms with Gasteiger partial charge in [-0.2, -0.15) is 0 Å². The van der Waals surface area contributed by atoms with Crippen LogP contribution in [-0.4, -0.2) is 0 Å². The van der Waals surface area contributed by atoms with Gasteiger partial charge in [-0.25, -0.2) is 0 Å². The molecule has 0 heteroatoms. The van der Waals surface area contributed by atoms with Crippen LogP contribution >= 0.6 is 0 Å². The lowest BCUT2D eigenvalue weighted by atomic mass is 9.93. The van der Waals surface area contributed by atoms with Gasteiger partial charge < -0.3 is 0 Å². The van der Waals surface area contributed by atoms with Crippen molar-refractivity contribution in [2.45, 2.75) is 33.1 Å². The fourth-order valence-corrected chi connectivity index (χ4v) is 1.50. The van der Waals surface area contributed by atoms with Crippen LogP contribution in [0.5, 0.6) is 0 Å². The summed E-state index contributed by atoms with van der Waals surface area (Å²) in [7, 11) is 0. The fraction of sp³-hybridized carbons (Fsp3) is 0.462. The molecule has 70 valence electrons. The summed E-state index contributed by atoms with van der Waals surface area (Å²) in [4.78, 5) is 0. The van der Waals surface area contributed by atoms with Crippen LogP contribution in [0.1, 0.15) is 38.7 Å². The Morgan fingerprint density at radius 1 is 1.15 bits per heavy atom. The van der Waals surface area contributed by atoms with Crippen molar-refractivity contribution in [2.75, 3.05) is 0 Å². The lowest BCUT2D eigenvalue weighted by molar-refractivity contribution is 0.536. The smallest absolute Gasteiger partial charge is 0.0198 e. The van der Waals surface area contributed by atoms with Gasteiger partial charge >= 0.3 is 0 Å². The summed E-state index contributed by atoms with van der Waals surface area (Å²) >= 11 is 0. The van der Waals surface area contributed by atoms with Crippen LogP contribution in [0.4, 0.5) is 0 Å². The molecule has 0 bridgehead atoms. The standard InChI is InChI=1S/C13H18/c1-3-8-12(4-2)11-13-9-6-5-7-10-13/h5-7,9-10,12H,3-4,8H2,1-2H3. The van der Waals surface area contributed by atoms with Gasteiger partial charge in [0.15, 0.2) is 0 Å². The Labute approximate surface area is 82.0 Å². The van der Waals surface area contributed by atoms with Crippen molar-refractivity contribution in [3.8, 4) is 0 Å². The summed E-state index contributed by atoms with van der Waals surface area (Å²) in [6, 6.07) is 10.4. The SMILES string of the molecule is CCCC([C]c1ccccc1)CC. The van der Waals surface area contributed by atoms with Gasteiger partial charge in [0.1, 0.15) is 0 Å². The average molecular weight is 174 g/mol. The highest BCUT2D eigenvalue weighted by molar-refractivity contribution is 5.23. The van der Waals surface area contributed by atoms with Gasteiger partial charge in [-0.3, -0.25) is 0 Å². The molecule has 0 heterocycles. The third-order valence-electron chi connectivity index (χ3n) is 2.27. The Hall–Kier alpha value is -0.780. The first-order chi connectivity index (χ1) is 6.36. The van der Waals surface area contributed by atoms with Gasteiger partial charge in [-0.1, -0.05) is 57.0 Å². The molecular formula is C13H18.